The Labute approximate surface area is 109 Å². The topological polar surface area (TPSA) is 55.5 Å². The number of hydrogen-bond donors (Lipinski definition) is 2. The molecule has 1 fully saturated rings. The number of rotatable bonds is 4. The molecule has 3 N–H and O–H groups in total. The van der Waals surface area contributed by atoms with Gasteiger partial charge in [-0.2, -0.15) is 0 Å². The molecular weight excluding hydrogens is 226 g/mol. The molecule has 1 aromatic carbocycles. The van der Waals surface area contributed by atoms with E-state index in [0.29, 0.717) is 0 Å². The second-order valence-corrected chi connectivity index (χ2v) is 5.58. The zero-order valence-corrected chi connectivity index (χ0v) is 11.7. The fourth-order valence-corrected chi connectivity index (χ4v) is 2.75. The molecule has 1 aromatic rings. The van der Waals surface area contributed by atoms with Gasteiger partial charge in [-0.05, 0) is 50.3 Å². The average molecular weight is 249 g/mol. The van der Waals surface area contributed by atoms with Crippen LogP contribution in [-0.2, 0) is 0 Å². The Balaban J connectivity index is 2.53. The SMILES string of the molecule is COc1c(C)c(C)cc(C)c1C(N)C1(CO)CC1. The number of ether oxygens (including phenoxy) is 1. The summed E-state index contributed by atoms with van der Waals surface area (Å²) in [4.78, 5) is 0. The molecule has 0 amide bonds. The van der Waals surface area contributed by atoms with Crippen LogP contribution in [0.1, 0.15) is 41.1 Å². The largest absolute Gasteiger partial charge is 0.496 e. The van der Waals surface area contributed by atoms with Gasteiger partial charge in [0.15, 0.2) is 0 Å². The van der Waals surface area contributed by atoms with E-state index in [1.54, 1.807) is 7.11 Å². The molecule has 0 spiro atoms. The van der Waals surface area contributed by atoms with Gasteiger partial charge in [-0.1, -0.05) is 6.07 Å². The predicted molar refractivity (Wildman–Crippen MR) is 72.9 cm³/mol. The first-order valence-corrected chi connectivity index (χ1v) is 6.48. The third-order valence-corrected chi connectivity index (χ3v) is 4.42. The summed E-state index contributed by atoms with van der Waals surface area (Å²) < 4.78 is 5.56. The Hall–Kier alpha value is -1.06. The normalized spacial score (nSPS) is 18.6. The summed E-state index contributed by atoms with van der Waals surface area (Å²) in [7, 11) is 1.69. The van der Waals surface area contributed by atoms with Gasteiger partial charge in [0.1, 0.15) is 5.75 Å². The molecule has 3 heteroatoms. The van der Waals surface area contributed by atoms with Gasteiger partial charge in [-0.3, -0.25) is 0 Å². The maximum Gasteiger partial charge on any atom is 0.127 e. The van der Waals surface area contributed by atoms with E-state index in [1.807, 2.05) is 0 Å². The molecule has 3 nitrogen and oxygen atoms in total. The first kappa shape index (κ1) is 13.4. The number of aryl methyl sites for hydroxylation is 2. The lowest BCUT2D eigenvalue weighted by Gasteiger charge is -2.26. The monoisotopic (exact) mass is 249 g/mol. The molecule has 1 aliphatic rings. The van der Waals surface area contributed by atoms with Crippen molar-refractivity contribution in [1.29, 1.82) is 0 Å². The van der Waals surface area contributed by atoms with Crippen molar-refractivity contribution in [3.05, 3.63) is 28.3 Å². The van der Waals surface area contributed by atoms with Crippen molar-refractivity contribution in [3.63, 3.8) is 0 Å². The lowest BCUT2D eigenvalue weighted by atomic mass is 9.86. The first-order valence-electron chi connectivity index (χ1n) is 6.48. The van der Waals surface area contributed by atoms with Crippen molar-refractivity contribution < 1.29 is 9.84 Å². The van der Waals surface area contributed by atoms with Crippen LogP contribution < -0.4 is 10.5 Å². The van der Waals surface area contributed by atoms with Gasteiger partial charge < -0.3 is 15.6 Å². The Kier molecular flexibility index (Phi) is 3.39. The van der Waals surface area contributed by atoms with E-state index in [1.165, 1.54) is 5.56 Å². The molecule has 2 rings (SSSR count). The Morgan fingerprint density at radius 1 is 1.33 bits per heavy atom. The van der Waals surface area contributed by atoms with Crippen molar-refractivity contribution in [1.82, 2.24) is 0 Å². The van der Waals surface area contributed by atoms with Gasteiger partial charge in [0.25, 0.3) is 0 Å². The highest BCUT2D eigenvalue weighted by molar-refractivity contribution is 5.52. The highest BCUT2D eigenvalue weighted by Gasteiger charge is 2.49. The summed E-state index contributed by atoms with van der Waals surface area (Å²) >= 11 is 0. The number of methoxy groups -OCH3 is 1. The van der Waals surface area contributed by atoms with Crippen LogP contribution >= 0.6 is 0 Å². The fraction of sp³-hybridized carbons (Fsp3) is 0.600. The maximum absolute atomic E-state index is 9.55. The highest BCUT2D eigenvalue weighted by Crippen LogP contribution is 2.55. The minimum absolute atomic E-state index is 0.125. The average Bonchev–Trinajstić information content (AvgIpc) is 3.13. The molecule has 18 heavy (non-hydrogen) atoms. The Bertz CT molecular complexity index is 464. The predicted octanol–water partition coefficient (Wildman–Crippen LogP) is 2.39. The zero-order chi connectivity index (χ0) is 13.5. The molecule has 0 saturated heterocycles. The van der Waals surface area contributed by atoms with E-state index >= 15 is 0 Å². The molecule has 1 aliphatic carbocycles. The van der Waals surface area contributed by atoms with Crippen LogP contribution in [0.4, 0.5) is 0 Å². The number of aliphatic hydroxyl groups is 1. The van der Waals surface area contributed by atoms with E-state index in [9.17, 15) is 5.11 Å². The van der Waals surface area contributed by atoms with Crippen molar-refractivity contribution in [2.24, 2.45) is 11.1 Å². The van der Waals surface area contributed by atoms with Crippen LogP contribution in [0.5, 0.6) is 5.75 Å². The van der Waals surface area contributed by atoms with E-state index in [2.05, 4.69) is 26.8 Å². The van der Waals surface area contributed by atoms with Gasteiger partial charge in [0, 0.05) is 17.0 Å². The quantitative estimate of drug-likeness (QED) is 0.861. The van der Waals surface area contributed by atoms with Gasteiger partial charge in [-0.15, -0.1) is 0 Å². The summed E-state index contributed by atoms with van der Waals surface area (Å²) in [5, 5.41) is 9.55. The van der Waals surface area contributed by atoms with Gasteiger partial charge >= 0.3 is 0 Å². The Morgan fingerprint density at radius 2 is 1.94 bits per heavy atom. The molecule has 1 saturated carbocycles. The summed E-state index contributed by atoms with van der Waals surface area (Å²) in [6, 6.07) is 2.01. The van der Waals surface area contributed by atoms with Crippen LogP contribution in [0.25, 0.3) is 0 Å². The van der Waals surface area contributed by atoms with Crippen molar-refractivity contribution >= 4 is 0 Å². The van der Waals surface area contributed by atoms with Crippen LogP contribution in [0.15, 0.2) is 6.07 Å². The summed E-state index contributed by atoms with van der Waals surface area (Å²) in [6.07, 6.45) is 2.00. The lowest BCUT2D eigenvalue weighted by molar-refractivity contribution is 0.186. The zero-order valence-electron chi connectivity index (χ0n) is 11.7. The summed E-state index contributed by atoms with van der Waals surface area (Å²) in [5.41, 5.74) is 10.9. The molecule has 0 aromatic heterocycles. The van der Waals surface area contributed by atoms with Crippen LogP contribution in [0.2, 0.25) is 0 Å². The molecule has 0 radical (unpaired) electrons. The third kappa shape index (κ3) is 1.91. The molecule has 0 aliphatic heterocycles. The number of benzene rings is 1. The van der Waals surface area contributed by atoms with Crippen molar-refractivity contribution in [2.45, 2.75) is 39.7 Å². The lowest BCUT2D eigenvalue weighted by Crippen LogP contribution is -2.27. The number of nitrogens with two attached hydrogens (primary N) is 1. The van der Waals surface area contributed by atoms with E-state index in [-0.39, 0.29) is 18.1 Å². The minimum Gasteiger partial charge on any atom is -0.496 e. The van der Waals surface area contributed by atoms with Crippen molar-refractivity contribution in [3.8, 4) is 5.75 Å². The van der Waals surface area contributed by atoms with E-state index < -0.39 is 0 Å². The smallest absolute Gasteiger partial charge is 0.127 e. The number of aliphatic hydroxyl groups excluding tert-OH is 1. The van der Waals surface area contributed by atoms with Crippen LogP contribution in [0.3, 0.4) is 0 Å². The second kappa shape index (κ2) is 4.56. The summed E-state index contributed by atoms with van der Waals surface area (Å²) in [6.45, 7) is 6.36. The maximum atomic E-state index is 9.55. The molecule has 1 atom stereocenters. The van der Waals surface area contributed by atoms with E-state index in [0.717, 1.165) is 35.3 Å². The van der Waals surface area contributed by atoms with Gasteiger partial charge in [0.2, 0.25) is 0 Å². The number of hydrogen-bond acceptors (Lipinski definition) is 3. The first-order chi connectivity index (χ1) is 8.46. The molecule has 0 heterocycles. The Morgan fingerprint density at radius 3 is 2.39 bits per heavy atom. The van der Waals surface area contributed by atoms with Gasteiger partial charge in [-0.25, -0.2) is 0 Å². The molecular formula is C15H23NO2. The molecule has 0 bridgehead atoms. The summed E-state index contributed by atoms with van der Waals surface area (Å²) in [5.74, 6) is 0.889. The van der Waals surface area contributed by atoms with Crippen LogP contribution in [0, 0.1) is 26.2 Å². The highest BCUT2D eigenvalue weighted by atomic mass is 16.5. The molecule has 100 valence electrons. The van der Waals surface area contributed by atoms with Crippen molar-refractivity contribution in [2.75, 3.05) is 13.7 Å². The van der Waals surface area contributed by atoms with E-state index in [4.69, 9.17) is 10.5 Å². The third-order valence-electron chi connectivity index (χ3n) is 4.42. The minimum atomic E-state index is -0.142. The van der Waals surface area contributed by atoms with Gasteiger partial charge in [0.05, 0.1) is 13.7 Å². The van der Waals surface area contributed by atoms with Crippen LogP contribution in [-0.4, -0.2) is 18.8 Å². The second-order valence-electron chi connectivity index (χ2n) is 5.58. The standard InChI is InChI=1S/C15H23NO2/c1-9-7-10(2)12(13(18-4)11(9)3)14(16)15(8-17)5-6-15/h7,14,17H,5-6,8,16H2,1-4H3. The fourth-order valence-electron chi connectivity index (χ4n) is 2.75. The molecule has 1 unspecified atom stereocenters.